The second-order valence-electron chi connectivity index (χ2n) is 9.18. The van der Waals surface area contributed by atoms with E-state index in [-0.39, 0.29) is 12.5 Å². The van der Waals surface area contributed by atoms with Crippen LogP contribution in [0.5, 0.6) is 5.75 Å². The van der Waals surface area contributed by atoms with Gasteiger partial charge in [-0.2, -0.15) is 0 Å². The molecule has 1 saturated heterocycles. The number of amides is 1. The van der Waals surface area contributed by atoms with E-state index in [2.05, 4.69) is 0 Å². The monoisotopic (exact) mass is 434 g/mol. The molecule has 1 amide bonds. The van der Waals surface area contributed by atoms with Crippen molar-refractivity contribution in [1.29, 1.82) is 0 Å². The van der Waals surface area contributed by atoms with Gasteiger partial charge in [-0.3, -0.25) is 4.79 Å². The molecule has 1 aromatic heterocycles. The molecule has 0 radical (unpaired) electrons. The van der Waals surface area contributed by atoms with E-state index < -0.39 is 11.7 Å². The summed E-state index contributed by atoms with van der Waals surface area (Å²) >= 11 is 0. The van der Waals surface area contributed by atoms with Crippen molar-refractivity contribution in [3.05, 3.63) is 65.9 Å². The number of carbonyl (C=O) groups excluding carboxylic acids is 2. The molecule has 0 bridgehead atoms. The normalized spacial score (nSPS) is 14.4. The van der Waals surface area contributed by atoms with Gasteiger partial charge in [0.1, 0.15) is 18.0 Å². The number of aromatic nitrogens is 1. The van der Waals surface area contributed by atoms with E-state index in [0.29, 0.717) is 17.0 Å². The topological polar surface area (TPSA) is 60.8 Å². The summed E-state index contributed by atoms with van der Waals surface area (Å²) in [6, 6.07) is 16.8. The number of likely N-dealkylation sites (tertiary alicyclic amines) is 1. The molecule has 6 heteroatoms. The molecule has 168 valence electrons. The fraction of sp³-hybridized carbons (Fsp3) is 0.385. The maximum atomic E-state index is 12.9. The van der Waals surface area contributed by atoms with Crippen molar-refractivity contribution in [3.8, 4) is 5.75 Å². The van der Waals surface area contributed by atoms with E-state index in [1.165, 1.54) is 6.42 Å². The van der Waals surface area contributed by atoms with Crippen LogP contribution in [0.2, 0.25) is 0 Å². The number of rotatable bonds is 4. The number of nitrogens with zero attached hydrogens (tertiary/aromatic N) is 2. The maximum absolute atomic E-state index is 12.9. The summed E-state index contributed by atoms with van der Waals surface area (Å²) in [4.78, 5) is 27.4. The molecule has 32 heavy (non-hydrogen) atoms. The zero-order chi connectivity index (χ0) is 22.7. The van der Waals surface area contributed by atoms with Crippen LogP contribution in [0.3, 0.4) is 0 Å². The van der Waals surface area contributed by atoms with Gasteiger partial charge in [-0.25, -0.2) is 9.36 Å². The molecule has 1 fully saturated rings. The Morgan fingerprint density at radius 2 is 1.62 bits per heavy atom. The highest BCUT2D eigenvalue weighted by Crippen LogP contribution is 2.24. The number of piperidine rings is 1. The minimum atomic E-state index is -0.600. The first-order chi connectivity index (χ1) is 15.3. The van der Waals surface area contributed by atoms with Gasteiger partial charge in [0.25, 0.3) is 5.91 Å². The third-order valence-electron chi connectivity index (χ3n) is 5.49. The van der Waals surface area contributed by atoms with Gasteiger partial charge < -0.3 is 14.4 Å². The van der Waals surface area contributed by atoms with Crippen LogP contribution in [0.25, 0.3) is 10.9 Å². The van der Waals surface area contributed by atoms with Crippen molar-refractivity contribution < 1.29 is 19.1 Å². The Kier molecular flexibility index (Phi) is 6.21. The molecule has 0 saturated carbocycles. The minimum absolute atomic E-state index is 0.0706. The summed E-state index contributed by atoms with van der Waals surface area (Å²) in [6.07, 6.45) is 2.90. The quantitative estimate of drug-likeness (QED) is 0.534. The van der Waals surface area contributed by atoms with Gasteiger partial charge in [-0.1, -0.05) is 18.2 Å². The molecule has 2 heterocycles. The highest BCUT2D eigenvalue weighted by Gasteiger charge is 2.22. The van der Waals surface area contributed by atoms with Crippen LogP contribution in [0.1, 0.15) is 56.1 Å². The van der Waals surface area contributed by atoms with E-state index >= 15 is 0 Å². The van der Waals surface area contributed by atoms with Crippen LogP contribution in [0, 0.1) is 0 Å². The first-order valence-corrected chi connectivity index (χ1v) is 11.2. The molecule has 0 spiro atoms. The summed E-state index contributed by atoms with van der Waals surface area (Å²) in [5, 5.41) is 0.944. The number of carbonyl (C=O) groups is 2. The molecule has 1 aliphatic rings. The Labute approximate surface area is 188 Å². The molecule has 2 aromatic carbocycles. The summed E-state index contributed by atoms with van der Waals surface area (Å²) in [7, 11) is 0. The lowest BCUT2D eigenvalue weighted by Gasteiger charge is -2.26. The molecular formula is C26H30N2O4. The molecular weight excluding hydrogens is 404 g/mol. The lowest BCUT2D eigenvalue weighted by Crippen LogP contribution is -2.35. The third-order valence-corrected chi connectivity index (χ3v) is 5.49. The van der Waals surface area contributed by atoms with Gasteiger partial charge >= 0.3 is 6.09 Å². The molecule has 6 nitrogen and oxygen atoms in total. The smallest absolute Gasteiger partial charge is 0.419 e. The number of hydrogen-bond acceptors (Lipinski definition) is 4. The van der Waals surface area contributed by atoms with E-state index in [4.69, 9.17) is 9.47 Å². The highest BCUT2D eigenvalue weighted by atomic mass is 16.6. The Morgan fingerprint density at radius 3 is 2.31 bits per heavy atom. The largest absolute Gasteiger partial charge is 0.487 e. The fourth-order valence-electron chi connectivity index (χ4n) is 3.97. The lowest BCUT2D eigenvalue weighted by atomic mass is 10.1. The molecule has 3 aromatic rings. The van der Waals surface area contributed by atoms with Gasteiger partial charge in [0, 0.05) is 24.0 Å². The Morgan fingerprint density at radius 1 is 0.938 bits per heavy atom. The second-order valence-corrected chi connectivity index (χ2v) is 9.18. The lowest BCUT2D eigenvalue weighted by molar-refractivity contribution is 0.0534. The van der Waals surface area contributed by atoms with Gasteiger partial charge in [-0.15, -0.1) is 0 Å². The number of hydrogen-bond donors (Lipinski definition) is 0. The van der Waals surface area contributed by atoms with E-state index in [0.717, 1.165) is 36.8 Å². The van der Waals surface area contributed by atoms with Crippen LogP contribution in [0.15, 0.2) is 54.6 Å². The van der Waals surface area contributed by atoms with Crippen LogP contribution < -0.4 is 4.74 Å². The molecule has 0 N–H and O–H groups in total. The van der Waals surface area contributed by atoms with Crippen LogP contribution in [-0.4, -0.2) is 40.2 Å². The second kappa shape index (κ2) is 9.07. The number of benzene rings is 2. The van der Waals surface area contributed by atoms with Crippen molar-refractivity contribution in [2.45, 2.75) is 52.2 Å². The van der Waals surface area contributed by atoms with Gasteiger partial charge in [0.2, 0.25) is 0 Å². The summed E-state index contributed by atoms with van der Waals surface area (Å²) in [5.41, 5.74) is 1.55. The summed E-state index contributed by atoms with van der Waals surface area (Å²) in [5.74, 6) is 0.711. The Balaban J connectivity index is 1.50. The standard InChI is InChI=1S/C26H30N2O4/c1-26(2,3)32-25(30)28-21(17-20-9-5-6-10-23(20)28)18-31-22-13-11-19(12-14-22)24(29)27-15-7-4-8-16-27/h5-6,9-14,17H,4,7-8,15-16,18H2,1-3H3. The minimum Gasteiger partial charge on any atom is -0.487 e. The predicted molar refractivity (Wildman–Crippen MR) is 124 cm³/mol. The zero-order valence-corrected chi connectivity index (χ0v) is 19.0. The molecule has 1 aliphatic heterocycles. The maximum Gasteiger partial charge on any atom is 0.419 e. The number of ether oxygens (including phenoxy) is 2. The average Bonchev–Trinajstić information content (AvgIpc) is 3.15. The first kappa shape index (κ1) is 21.9. The fourth-order valence-corrected chi connectivity index (χ4v) is 3.97. The molecule has 0 unspecified atom stereocenters. The summed E-state index contributed by atoms with van der Waals surface area (Å²) < 4.78 is 13.1. The molecule has 0 aliphatic carbocycles. The van der Waals surface area contributed by atoms with Crippen molar-refractivity contribution in [1.82, 2.24) is 9.47 Å². The molecule has 0 atom stereocenters. The van der Waals surface area contributed by atoms with Crippen LogP contribution in [-0.2, 0) is 11.3 Å². The van der Waals surface area contributed by atoms with Gasteiger partial charge in [0.05, 0.1) is 11.2 Å². The van der Waals surface area contributed by atoms with Crippen molar-refractivity contribution in [2.75, 3.05) is 13.1 Å². The third kappa shape index (κ3) is 4.96. The Bertz CT molecular complexity index is 1100. The van der Waals surface area contributed by atoms with Crippen LogP contribution >= 0.6 is 0 Å². The SMILES string of the molecule is CC(C)(C)OC(=O)n1c(COc2ccc(C(=O)N3CCCCC3)cc2)cc2ccccc21. The van der Waals surface area contributed by atoms with Crippen molar-refractivity contribution in [3.63, 3.8) is 0 Å². The number of fused-ring (bicyclic) bond motifs is 1. The van der Waals surface area contributed by atoms with Gasteiger partial charge in [-0.05, 0) is 76.4 Å². The number of para-hydroxylation sites is 1. The first-order valence-electron chi connectivity index (χ1n) is 11.2. The van der Waals surface area contributed by atoms with Crippen molar-refractivity contribution in [2.24, 2.45) is 0 Å². The zero-order valence-electron chi connectivity index (χ0n) is 19.0. The average molecular weight is 435 g/mol. The summed E-state index contributed by atoms with van der Waals surface area (Å²) in [6.45, 7) is 7.39. The van der Waals surface area contributed by atoms with E-state index in [9.17, 15) is 9.59 Å². The van der Waals surface area contributed by atoms with E-state index in [1.807, 2.05) is 56.0 Å². The van der Waals surface area contributed by atoms with Crippen molar-refractivity contribution >= 4 is 22.9 Å². The van der Waals surface area contributed by atoms with Crippen LogP contribution in [0.4, 0.5) is 4.79 Å². The van der Waals surface area contributed by atoms with E-state index in [1.54, 1.807) is 28.8 Å². The highest BCUT2D eigenvalue weighted by molar-refractivity contribution is 5.94. The Hall–Kier alpha value is -3.28. The molecule has 4 rings (SSSR count). The predicted octanol–water partition coefficient (Wildman–Crippen LogP) is 5.63. The van der Waals surface area contributed by atoms with Gasteiger partial charge in [0.15, 0.2) is 0 Å².